The van der Waals surface area contributed by atoms with Crippen molar-refractivity contribution in [1.29, 1.82) is 0 Å². The van der Waals surface area contributed by atoms with Gasteiger partial charge in [-0.05, 0) is 41.5 Å². The van der Waals surface area contributed by atoms with E-state index in [1.54, 1.807) is 17.8 Å². The number of thioether (sulfide) groups is 1. The van der Waals surface area contributed by atoms with Crippen molar-refractivity contribution < 1.29 is 14.3 Å². The van der Waals surface area contributed by atoms with E-state index in [0.717, 1.165) is 27.8 Å². The number of ether oxygens (including phenoxy) is 2. The number of fused-ring (bicyclic) bond motifs is 1. The molecule has 0 bridgehead atoms. The van der Waals surface area contributed by atoms with Gasteiger partial charge in [0.05, 0.1) is 0 Å². The first-order chi connectivity index (χ1) is 12.2. The molecule has 0 fully saturated rings. The molecule has 1 aliphatic rings. The Morgan fingerprint density at radius 1 is 1.20 bits per heavy atom. The number of amides is 1. The summed E-state index contributed by atoms with van der Waals surface area (Å²) in [7, 11) is 0. The SMILES string of the molecule is O=C(C=Cc1ccc2c(c1)OCO2)NCCSCc1cccc(Cl)c1. The minimum Gasteiger partial charge on any atom is -0.454 e. The van der Waals surface area contributed by atoms with Crippen LogP contribution < -0.4 is 14.8 Å². The molecule has 1 N–H and O–H groups in total. The lowest BCUT2D eigenvalue weighted by Gasteiger charge is -2.04. The number of hydrogen-bond acceptors (Lipinski definition) is 4. The monoisotopic (exact) mass is 375 g/mol. The predicted molar refractivity (Wildman–Crippen MR) is 102 cm³/mol. The van der Waals surface area contributed by atoms with Gasteiger partial charge in [0.2, 0.25) is 12.7 Å². The third-order valence-corrected chi connectivity index (χ3v) is 4.79. The number of halogens is 1. The molecular weight excluding hydrogens is 358 g/mol. The lowest BCUT2D eigenvalue weighted by molar-refractivity contribution is -0.116. The summed E-state index contributed by atoms with van der Waals surface area (Å²) in [5.41, 5.74) is 2.08. The van der Waals surface area contributed by atoms with E-state index < -0.39 is 0 Å². The van der Waals surface area contributed by atoms with Crippen molar-refractivity contribution in [3.05, 3.63) is 64.7 Å². The molecule has 0 aromatic heterocycles. The van der Waals surface area contributed by atoms with Gasteiger partial charge in [0.1, 0.15) is 0 Å². The average Bonchev–Trinajstić information content (AvgIpc) is 3.07. The van der Waals surface area contributed by atoms with Crippen molar-refractivity contribution in [1.82, 2.24) is 5.32 Å². The Kier molecular flexibility index (Phi) is 6.25. The molecule has 0 unspecified atom stereocenters. The van der Waals surface area contributed by atoms with Crippen molar-refractivity contribution in [2.24, 2.45) is 0 Å². The topological polar surface area (TPSA) is 47.6 Å². The second-order valence-electron chi connectivity index (χ2n) is 5.42. The van der Waals surface area contributed by atoms with Crippen molar-refractivity contribution in [2.75, 3.05) is 19.1 Å². The summed E-state index contributed by atoms with van der Waals surface area (Å²) >= 11 is 7.71. The second-order valence-corrected chi connectivity index (χ2v) is 6.96. The molecule has 2 aromatic rings. The van der Waals surface area contributed by atoms with Gasteiger partial charge in [-0.25, -0.2) is 0 Å². The van der Waals surface area contributed by atoms with Gasteiger partial charge in [-0.15, -0.1) is 0 Å². The Balaban J connectivity index is 1.36. The minimum absolute atomic E-state index is 0.110. The van der Waals surface area contributed by atoms with E-state index in [1.165, 1.54) is 11.6 Å². The molecule has 0 radical (unpaired) electrons. The lowest BCUT2D eigenvalue weighted by atomic mass is 10.2. The smallest absolute Gasteiger partial charge is 0.244 e. The minimum atomic E-state index is -0.110. The molecule has 1 heterocycles. The van der Waals surface area contributed by atoms with Gasteiger partial charge in [-0.3, -0.25) is 4.79 Å². The van der Waals surface area contributed by atoms with Crippen LogP contribution in [0.15, 0.2) is 48.5 Å². The maximum Gasteiger partial charge on any atom is 0.244 e. The van der Waals surface area contributed by atoms with E-state index in [1.807, 2.05) is 42.5 Å². The quantitative estimate of drug-likeness (QED) is 0.584. The molecule has 1 aliphatic heterocycles. The van der Waals surface area contributed by atoms with E-state index in [0.29, 0.717) is 12.3 Å². The highest BCUT2D eigenvalue weighted by molar-refractivity contribution is 7.98. The first-order valence-corrected chi connectivity index (χ1v) is 9.42. The second kappa shape index (κ2) is 8.83. The molecular formula is C19H18ClNO3S. The Bertz CT molecular complexity index is 779. The summed E-state index contributed by atoms with van der Waals surface area (Å²) in [5.74, 6) is 3.05. The molecule has 6 heteroatoms. The third kappa shape index (κ3) is 5.44. The molecule has 1 amide bonds. The molecule has 130 valence electrons. The zero-order valence-corrected chi connectivity index (χ0v) is 15.1. The maximum absolute atomic E-state index is 11.8. The number of nitrogens with one attached hydrogen (secondary N) is 1. The molecule has 0 atom stereocenters. The number of carbonyl (C=O) groups is 1. The van der Waals surface area contributed by atoms with Crippen LogP contribution in [0.3, 0.4) is 0 Å². The summed E-state index contributed by atoms with van der Waals surface area (Å²) in [6.07, 6.45) is 3.29. The van der Waals surface area contributed by atoms with Crippen LogP contribution in [0.25, 0.3) is 6.08 Å². The van der Waals surface area contributed by atoms with Gasteiger partial charge in [0, 0.05) is 29.1 Å². The fourth-order valence-electron chi connectivity index (χ4n) is 2.31. The Morgan fingerprint density at radius 2 is 2.08 bits per heavy atom. The summed E-state index contributed by atoms with van der Waals surface area (Å²) in [6, 6.07) is 13.4. The summed E-state index contributed by atoms with van der Waals surface area (Å²) in [5, 5.41) is 3.62. The molecule has 0 saturated carbocycles. The predicted octanol–water partition coefficient (Wildman–Crippen LogP) is 4.13. The normalized spacial score (nSPS) is 12.5. The fourth-order valence-corrected chi connectivity index (χ4v) is 3.33. The first-order valence-electron chi connectivity index (χ1n) is 7.88. The third-order valence-electron chi connectivity index (χ3n) is 3.53. The van der Waals surface area contributed by atoms with E-state index in [-0.39, 0.29) is 12.7 Å². The van der Waals surface area contributed by atoms with Crippen LogP contribution in [0.5, 0.6) is 11.5 Å². The van der Waals surface area contributed by atoms with Gasteiger partial charge in [0.25, 0.3) is 0 Å². The molecule has 0 saturated heterocycles. The Morgan fingerprint density at radius 3 is 2.96 bits per heavy atom. The Hall–Kier alpha value is -2.11. The largest absolute Gasteiger partial charge is 0.454 e. The number of hydrogen-bond donors (Lipinski definition) is 1. The van der Waals surface area contributed by atoms with Crippen molar-refractivity contribution in [3.8, 4) is 11.5 Å². The highest BCUT2D eigenvalue weighted by Crippen LogP contribution is 2.32. The Labute approximate surface area is 156 Å². The number of rotatable bonds is 7. The van der Waals surface area contributed by atoms with Crippen LogP contribution in [0.2, 0.25) is 5.02 Å². The average molecular weight is 376 g/mol. The molecule has 0 aliphatic carbocycles. The van der Waals surface area contributed by atoms with Gasteiger partial charge in [-0.2, -0.15) is 11.8 Å². The highest BCUT2D eigenvalue weighted by atomic mass is 35.5. The maximum atomic E-state index is 11.8. The van der Waals surface area contributed by atoms with Crippen LogP contribution in [-0.4, -0.2) is 25.0 Å². The summed E-state index contributed by atoms with van der Waals surface area (Å²) in [6.45, 7) is 0.866. The van der Waals surface area contributed by atoms with Crippen molar-refractivity contribution in [2.45, 2.75) is 5.75 Å². The van der Waals surface area contributed by atoms with Gasteiger partial charge >= 0.3 is 0 Å². The molecule has 25 heavy (non-hydrogen) atoms. The van der Waals surface area contributed by atoms with Crippen LogP contribution in [0.4, 0.5) is 0 Å². The molecule has 3 rings (SSSR count). The number of carbonyl (C=O) groups excluding carboxylic acids is 1. The van der Waals surface area contributed by atoms with Gasteiger partial charge in [0.15, 0.2) is 11.5 Å². The van der Waals surface area contributed by atoms with Crippen LogP contribution in [-0.2, 0) is 10.5 Å². The number of benzene rings is 2. The van der Waals surface area contributed by atoms with E-state index in [4.69, 9.17) is 21.1 Å². The van der Waals surface area contributed by atoms with E-state index in [2.05, 4.69) is 5.32 Å². The van der Waals surface area contributed by atoms with Crippen LogP contribution in [0.1, 0.15) is 11.1 Å². The van der Waals surface area contributed by atoms with E-state index >= 15 is 0 Å². The van der Waals surface area contributed by atoms with Crippen molar-refractivity contribution >= 4 is 35.3 Å². The molecule has 4 nitrogen and oxygen atoms in total. The van der Waals surface area contributed by atoms with Gasteiger partial charge in [-0.1, -0.05) is 29.8 Å². The highest BCUT2D eigenvalue weighted by Gasteiger charge is 2.12. The summed E-state index contributed by atoms with van der Waals surface area (Å²) in [4.78, 5) is 11.8. The van der Waals surface area contributed by atoms with E-state index in [9.17, 15) is 4.79 Å². The zero-order chi connectivity index (χ0) is 17.5. The standard InChI is InChI=1S/C19H18ClNO3S/c20-16-3-1-2-15(10-16)12-25-9-8-21-19(22)7-5-14-4-6-17-18(11-14)24-13-23-17/h1-7,10-11H,8-9,12-13H2,(H,21,22). The first kappa shape index (κ1) is 17.7. The lowest BCUT2D eigenvalue weighted by Crippen LogP contribution is -2.23. The summed E-state index contributed by atoms with van der Waals surface area (Å²) < 4.78 is 10.6. The molecule has 2 aromatic carbocycles. The van der Waals surface area contributed by atoms with Gasteiger partial charge < -0.3 is 14.8 Å². The molecule has 0 spiro atoms. The fraction of sp³-hybridized carbons (Fsp3) is 0.211. The van der Waals surface area contributed by atoms with Crippen LogP contribution >= 0.6 is 23.4 Å². The van der Waals surface area contributed by atoms with Crippen molar-refractivity contribution in [3.63, 3.8) is 0 Å². The zero-order valence-electron chi connectivity index (χ0n) is 13.5. The van der Waals surface area contributed by atoms with Crippen LogP contribution in [0, 0.1) is 0 Å².